The smallest absolute Gasteiger partial charge is 0.272 e. The normalized spacial score (nSPS) is 11.0. The summed E-state index contributed by atoms with van der Waals surface area (Å²) in [4.78, 5) is 18.4. The van der Waals surface area contributed by atoms with Crippen molar-refractivity contribution in [2.24, 2.45) is 0 Å². The molecule has 0 atom stereocenters. The molecule has 4 nitrogen and oxygen atoms in total. The number of aromatic nitrogens is 2. The first kappa shape index (κ1) is 16.0. The molecule has 0 unspecified atom stereocenters. The minimum atomic E-state index is -0.0532. The number of benzene rings is 1. The van der Waals surface area contributed by atoms with Crippen molar-refractivity contribution in [3.8, 4) is 10.4 Å². The first-order chi connectivity index (χ1) is 11.2. The third-order valence-corrected chi connectivity index (χ3v) is 5.41. The van der Waals surface area contributed by atoms with Gasteiger partial charge in [-0.15, -0.1) is 17.9 Å². The minimum absolute atomic E-state index is 0.0472. The number of thioether (sulfide) groups is 1. The Morgan fingerprint density at radius 2 is 2.13 bits per heavy atom. The van der Waals surface area contributed by atoms with Crippen LogP contribution in [-0.2, 0) is 6.54 Å². The molecule has 0 radical (unpaired) electrons. The van der Waals surface area contributed by atoms with Gasteiger partial charge in [-0.1, -0.05) is 48.2 Å². The van der Waals surface area contributed by atoms with Crippen LogP contribution in [0.1, 0.15) is 0 Å². The van der Waals surface area contributed by atoms with Crippen molar-refractivity contribution in [2.45, 2.75) is 11.7 Å². The highest BCUT2D eigenvalue weighted by Gasteiger charge is 2.14. The second-order valence-corrected chi connectivity index (χ2v) is 6.98. The van der Waals surface area contributed by atoms with Gasteiger partial charge in [0.1, 0.15) is 4.70 Å². The summed E-state index contributed by atoms with van der Waals surface area (Å²) in [7, 11) is 0. The highest BCUT2D eigenvalue weighted by atomic mass is 32.2. The zero-order valence-electron chi connectivity index (χ0n) is 12.4. The van der Waals surface area contributed by atoms with Crippen LogP contribution in [0.25, 0.3) is 20.7 Å². The van der Waals surface area contributed by atoms with E-state index in [9.17, 15) is 4.79 Å². The van der Waals surface area contributed by atoms with Gasteiger partial charge >= 0.3 is 0 Å². The van der Waals surface area contributed by atoms with E-state index in [1.165, 1.54) is 23.1 Å². The summed E-state index contributed by atoms with van der Waals surface area (Å²) in [6.07, 6.45) is 1.68. The van der Waals surface area contributed by atoms with Crippen LogP contribution in [0.3, 0.4) is 0 Å². The molecule has 0 saturated heterocycles. The third-order valence-electron chi connectivity index (χ3n) is 3.29. The molecule has 0 aliphatic heterocycles. The second-order valence-electron chi connectivity index (χ2n) is 4.86. The molecule has 6 heteroatoms. The van der Waals surface area contributed by atoms with Crippen molar-refractivity contribution in [2.75, 3.05) is 12.4 Å². The van der Waals surface area contributed by atoms with E-state index in [0.29, 0.717) is 27.7 Å². The van der Waals surface area contributed by atoms with Crippen molar-refractivity contribution in [3.63, 3.8) is 0 Å². The van der Waals surface area contributed by atoms with E-state index in [1.807, 2.05) is 36.4 Å². The fourth-order valence-corrected chi connectivity index (χ4v) is 4.07. The van der Waals surface area contributed by atoms with Gasteiger partial charge in [-0.25, -0.2) is 4.98 Å². The number of nitrogens with zero attached hydrogens (tertiary/aromatic N) is 2. The Bertz CT molecular complexity index is 885. The highest BCUT2D eigenvalue weighted by molar-refractivity contribution is 7.99. The van der Waals surface area contributed by atoms with Crippen molar-refractivity contribution in [1.82, 2.24) is 9.55 Å². The van der Waals surface area contributed by atoms with Gasteiger partial charge < -0.3 is 5.11 Å². The molecule has 3 aromatic rings. The average Bonchev–Trinajstić information content (AvgIpc) is 3.01. The first-order valence-corrected chi connectivity index (χ1v) is 8.99. The molecule has 2 heterocycles. The largest absolute Gasteiger partial charge is 0.396 e. The molecule has 2 aromatic heterocycles. The zero-order chi connectivity index (χ0) is 16.2. The Labute approximate surface area is 142 Å². The zero-order valence-corrected chi connectivity index (χ0v) is 14.1. The number of allylic oxidation sites excluding steroid dienone is 1. The molecule has 0 bridgehead atoms. The number of thiophene rings is 1. The van der Waals surface area contributed by atoms with Crippen LogP contribution >= 0.6 is 23.1 Å². The first-order valence-electron chi connectivity index (χ1n) is 7.19. The number of aliphatic hydroxyl groups excluding tert-OH is 1. The Morgan fingerprint density at radius 3 is 2.83 bits per heavy atom. The molecular weight excluding hydrogens is 328 g/mol. The van der Waals surface area contributed by atoms with Crippen LogP contribution in [0.2, 0.25) is 0 Å². The van der Waals surface area contributed by atoms with Crippen molar-refractivity contribution in [1.29, 1.82) is 0 Å². The van der Waals surface area contributed by atoms with Gasteiger partial charge in [-0.05, 0) is 11.6 Å². The maximum Gasteiger partial charge on any atom is 0.272 e. The van der Waals surface area contributed by atoms with Crippen molar-refractivity contribution in [3.05, 3.63) is 59.4 Å². The highest BCUT2D eigenvalue weighted by Crippen LogP contribution is 2.31. The van der Waals surface area contributed by atoms with E-state index >= 15 is 0 Å². The molecule has 0 saturated carbocycles. The summed E-state index contributed by atoms with van der Waals surface area (Å²) in [5.74, 6) is 0.505. The fraction of sp³-hybridized carbons (Fsp3) is 0.176. The van der Waals surface area contributed by atoms with Crippen LogP contribution in [0.15, 0.2) is 59.0 Å². The van der Waals surface area contributed by atoms with Gasteiger partial charge in [-0.3, -0.25) is 9.36 Å². The lowest BCUT2D eigenvalue weighted by atomic mass is 10.2. The van der Waals surface area contributed by atoms with Crippen LogP contribution in [0.5, 0.6) is 0 Å². The Balaban J connectivity index is 2.16. The topological polar surface area (TPSA) is 55.1 Å². The van der Waals surface area contributed by atoms with Gasteiger partial charge in [0.25, 0.3) is 5.56 Å². The summed E-state index contributed by atoms with van der Waals surface area (Å²) in [6, 6.07) is 11.9. The van der Waals surface area contributed by atoms with E-state index in [0.717, 1.165) is 10.4 Å². The summed E-state index contributed by atoms with van der Waals surface area (Å²) >= 11 is 2.84. The Morgan fingerprint density at radius 1 is 1.35 bits per heavy atom. The molecule has 0 aliphatic carbocycles. The molecule has 0 spiro atoms. The standard InChI is InChI=1S/C17H16N2O2S2/c1-2-8-19-16(21)15-13(18-17(19)22-10-9-20)11-14(23-15)12-6-4-3-5-7-12/h2-7,11,20H,1,8-10H2. The third kappa shape index (κ3) is 3.24. The van der Waals surface area contributed by atoms with Gasteiger partial charge in [-0.2, -0.15) is 0 Å². The van der Waals surface area contributed by atoms with E-state index in [4.69, 9.17) is 5.11 Å². The van der Waals surface area contributed by atoms with Gasteiger partial charge in [0.05, 0.1) is 12.1 Å². The van der Waals surface area contributed by atoms with Crippen LogP contribution in [0, 0.1) is 0 Å². The lowest BCUT2D eigenvalue weighted by Gasteiger charge is -2.08. The van der Waals surface area contributed by atoms with E-state index in [-0.39, 0.29) is 12.2 Å². The summed E-state index contributed by atoms with van der Waals surface area (Å²) in [5.41, 5.74) is 1.73. The van der Waals surface area contributed by atoms with E-state index in [1.54, 1.807) is 10.6 Å². The summed E-state index contributed by atoms with van der Waals surface area (Å²) in [5, 5.41) is 9.65. The number of hydrogen-bond donors (Lipinski definition) is 1. The molecule has 0 fully saturated rings. The Hall–Kier alpha value is -1.89. The number of hydrogen-bond acceptors (Lipinski definition) is 5. The van der Waals surface area contributed by atoms with Crippen molar-refractivity contribution < 1.29 is 5.11 Å². The van der Waals surface area contributed by atoms with Crippen molar-refractivity contribution >= 4 is 33.3 Å². The molecule has 1 N–H and O–H groups in total. The number of aliphatic hydroxyl groups is 1. The van der Waals surface area contributed by atoms with E-state index < -0.39 is 0 Å². The predicted molar refractivity (Wildman–Crippen MR) is 97.3 cm³/mol. The maximum atomic E-state index is 12.8. The van der Waals surface area contributed by atoms with Crippen LogP contribution in [0.4, 0.5) is 0 Å². The molecule has 118 valence electrons. The number of fused-ring (bicyclic) bond motifs is 1. The monoisotopic (exact) mass is 344 g/mol. The van der Waals surface area contributed by atoms with Crippen LogP contribution < -0.4 is 5.56 Å². The SMILES string of the molecule is C=CCn1c(SCCO)nc2cc(-c3ccccc3)sc2c1=O. The molecular formula is C17H16N2O2S2. The quantitative estimate of drug-likeness (QED) is 0.423. The number of rotatable bonds is 6. The van der Waals surface area contributed by atoms with Gasteiger partial charge in [0.15, 0.2) is 5.16 Å². The van der Waals surface area contributed by atoms with Gasteiger partial charge in [0.2, 0.25) is 0 Å². The molecule has 1 aromatic carbocycles. The lowest BCUT2D eigenvalue weighted by Crippen LogP contribution is -2.22. The van der Waals surface area contributed by atoms with Gasteiger partial charge in [0, 0.05) is 17.2 Å². The second kappa shape index (κ2) is 7.12. The lowest BCUT2D eigenvalue weighted by molar-refractivity contribution is 0.322. The Kier molecular flexibility index (Phi) is 4.95. The summed E-state index contributed by atoms with van der Waals surface area (Å²) in [6.45, 7) is 4.17. The van der Waals surface area contributed by atoms with Crippen LogP contribution in [-0.4, -0.2) is 27.0 Å². The maximum absolute atomic E-state index is 12.8. The molecule has 0 amide bonds. The molecule has 0 aliphatic rings. The fourth-order valence-electron chi connectivity index (χ4n) is 2.27. The predicted octanol–water partition coefficient (Wildman–Crippen LogP) is 3.40. The minimum Gasteiger partial charge on any atom is -0.396 e. The molecule has 23 heavy (non-hydrogen) atoms. The van der Waals surface area contributed by atoms with E-state index in [2.05, 4.69) is 11.6 Å². The average molecular weight is 344 g/mol. The summed E-state index contributed by atoms with van der Waals surface area (Å²) < 4.78 is 2.26. The molecule has 3 rings (SSSR count).